The van der Waals surface area contributed by atoms with Crippen LogP contribution in [-0.4, -0.2) is 72.3 Å². The van der Waals surface area contributed by atoms with E-state index < -0.39 is 5.41 Å². The van der Waals surface area contributed by atoms with Crippen LogP contribution in [0.4, 0.5) is 5.69 Å². The summed E-state index contributed by atoms with van der Waals surface area (Å²) in [4.78, 5) is 52.2. The van der Waals surface area contributed by atoms with Crippen molar-refractivity contribution in [1.29, 1.82) is 0 Å². The fraction of sp³-hybridized carbons (Fsp3) is 0.429. The van der Waals surface area contributed by atoms with Crippen molar-refractivity contribution in [3.63, 3.8) is 0 Å². The number of fused-ring (bicyclic) bond motifs is 6. The van der Waals surface area contributed by atoms with Gasteiger partial charge in [0.05, 0.1) is 23.9 Å². The Hall–Kier alpha value is -4.55. The van der Waals surface area contributed by atoms with Crippen LogP contribution in [0.5, 0.6) is 5.75 Å². The van der Waals surface area contributed by atoms with Crippen LogP contribution in [0, 0.1) is 5.92 Å². The largest absolute Gasteiger partial charge is 0.505 e. The monoisotopic (exact) mass is 667 g/mol. The number of benzene rings is 1. The maximum absolute atomic E-state index is 14.5. The molecule has 3 fully saturated rings. The highest BCUT2D eigenvalue weighted by atomic mass is 35.5. The van der Waals surface area contributed by atoms with E-state index in [9.17, 15) is 19.5 Å². The summed E-state index contributed by atoms with van der Waals surface area (Å²) in [7, 11) is 0. The lowest BCUT2D eigenvalue weighted by atomic mass is 9.71. The maximum atomic E-state index is 14.5. The number of anilines is 1. The molecule has 12 nitrogen and oxygen atoms in total. The number of hydrogen-bond donors (Lipinski definition) is 2. The van der Waals surface area contributed by atoms with Gasteiger partial charge in [-0.15, -0.1) is 5.10 Å². The zero-order chi connectivity index (χ0) is 32.7. The second-order valence-electron chi connectivity index (χ2n) is 13.7. The number of ether oxygens (including phenoxy) is 1. The number of rotatable bonds is 6. The van der Waals surface area contributed by atoms with Crippen molar-refractivity contribution < 1.29 is 19.4 Å². The average molecular weight is 668 g/mol. The summed E-state index contributed by atoms with van der Waals surface area (Å²) < 4.78 is 8.74. The second kappa shape index (κ2) is 11.0. The number of aromatic nitrogens is 5. The molecule has 48 heavy (non-hydrogen) atoms. The highest BCUT2D eigenvalue weighted by Crippen LogP contribution is 2.67. The van der Waals surface area contributed by atoms with Gasteiger partial charge in [0.2, 0.25) is 11.7 Å². The Bertz CT molecular complexity index is 2110. The minimum absolute atomic E-state index is 0.0273. The number of halogens is 1. The van der Waals surface area contributed by atoms with Gasteiger partial charge < -0.3 is 24.6 Å². The molecule has 2 N–H and O–H groups in total. The van der Waals surface area contributed by atoms with Gasteiger partial charge in [0.25, 0.3) is 11.5 Å². The van der Waals surface area contributed by atoms with Crippen LogP contribution in [0.15, 0.2) is 47.4 Å². The Labute approximate surface area is 280 Å². The van der Waals surface area contributed by atoms with Crippen LogP contribution in [0.25, 0.3) is 11.4 Å². The zero-order valence-electron chi connectivity index (χ0n) is 26.2. The van der Waals surface area contributed by atoms with Gasteiger partial charge in [-0.25, -0.2) is 4.98 Å². The molecule has 1 spiro atoms. The molecule has 5 heterocycles. The van der Waals surface area contributed by atoms with Crippen molar-refractivity contribution >= 4 is 40.5 Å². The van der Waals surface area contributed by atoms with Crippen molar-refractivity contribution in [3.8, 4) is 5.75 Å². The molecule has 5 aliphatic rings. The molecule has 2 saturated carbocycles. The Morgan fingerprint density at radius 1 is 1.17 bits per heavy atom. The van der Waals surface area contributed by atoms with E-state index in [0.29, 0.717) is 79.4 Å². The van der Waals surface area contributed by atoms with Crippen molar-refractivity contribution in [3.05, 3.63) is 86.3 Å². The first-order chi connectivity index (χ1) is 23.3. The quantitative estimate of drug-likeness (QED) is 0.311. The van der Waals surface area contributed by atoms with E-state index in [-0.39, 0.29) is 47.2 Å². The number of nitrogens with one attached hydrogen (secondary N) is 1. The third-order valence-corrected chi connectivity index (χ3v) is 11.2. The SMILES string of the molecule is O=C(Cn1c2c(c(=O)n3nc(C4=CCOCC4)nc13)C1(CCN(C(=O)c3ncccc3O)CC1)C1CC21)Nc1ccc(C2CC2)cc1Cl. The minimum atomic E-state index is -0.460. The summed E-state index contributed by atoms with van der Waals surface area (Å²) in [6.07, 6.45) is 8.44. The molecule has 0 bridgehead atoms. The molecule has 2 amide bonds. The van der Waals surface area contributed by atoms with Crippen LogP contribution >= 0.6 is 11.6 Å². The van der Waals surface area contributed by atoms with Gasteiger partial charge in [-0.2, -0.15) is 9.50 Å². The molecule has 2 aliphatic heterocycles. The number of aromatic hydroxyl groups is 1. The normalized spacial score (nSPS) is 22.4. The number of hydrogen-bond acceptors (Lipinski definition) is 8. The molecule has 1 aromatic carbocycles. The van der Waals surface area contributed by atoms with Crippen LogP contribution < -0.4 is 10.9 Å². The van der Waals surface area contributed by atoms with E-state index in [2.05, 4.69) is 10.3 Å². The van der Waals surface area contributed by atoms with Crippen molar-refractivity contribution in [2.75, 3.05) is 31.6 Å². The molecule has 13 heteroatoms. The predicted octanol–water partition coefficient (Wildman–Crippen LogP) is 4.26. The van der Waals surface area contributed by atoms with E-state index >= 15 is 0 Å². The summed E-state index contributed by atoms with van der Waals surface area (Å²) in [6, 6.07) is 8.85. The molecule has 4 aromatic rings. The Morgan fingerprint density at radius 3 is 2.73 bits per heavy atom. The van der Waals surface area contributed by atoms with Gasteiger partial charge in [0.15, 0.2) is 11.5 Å². The second-order valence-corrected chi connectivity index (χ2v) is 14.1. The fourth-order valence-corrected chi connectivity index (χ4v) is 8.56. The lowest BCUT2D eigenvalue weighted by Crippen LogP contribution is -2.48. The highest BCUT2D eigenvalue weighted by molar-refractivity contribution is 6.33. The number of carbonyl (C=O) groups excluding carboxylic acids is 2. The summed E-state index contributed by atoms with van der Waals surface area (Å²) in [5, 5.41) is 18.5. The van der Waals surface area contributed by atoms with Gasteiger partial charge in [-0.05, 0) is 85.8 Å². The van der Waals surface area contributed by atoms with E-state index in [1.807, 2.05) is 28.8 Å². The van der Waals surface area contributed by atoms with Gasteiger partial charge in [0.1, 0.15) is 12.3 Å². The smallest absolute Gasteiger partial charge is 0.279 e. The van der Waals surface area contributed by atoms with Gasteiger partial charge >= 0.3 is 0 Å². The Morgan fingerprint density at radius 2 is 2.00 bits per heavy atom. The molecule has 0 radical (unpaired) electrons. The maximum Gasteiger partial charge on any atom is 0.279 e. The third-order valence-electron chi connectivity index (χ3n) is 10.9. The number of amides is 2. The summed E-state index contributed by atoms with van der Waals surface area (Å²) in [5.74, 6) is 0.932. The summed E-state index contributed by atoms with van der Waals surface area (Å²) in [6.45, 7) is 1.77. The number of carbonyl (C=O) groups is 2. The first-order valence-corrected chi connectivity index (χ1v) is 17.0. The number of nitrogens with zero attached hydrogens (tertiary/aromatic N) is 6. The minimum Gasteiger partial charge on any atom is -0.505 e. The predicted molar refractivity (Wildman–Crippen MR) is 176 cm³/mol. The van der Waals surface area contributed by atoms with E-state index in [1.165, 1.54) is 22.3 Å². The molecule has 2 atom stereocenters. The van der Waals surface area contributed by atoms with Crippen molar-refractivity contribution in [2.24, 2.45) is 5.92 Å². The number of piperidine rings is 1. The zero-order valence-corrected chi connectivity index (χ0v) is 26.9. The Balaban J connectivity index is 1.09. The number of pyridine rings is 1. The van der Waals surface area contributed by atoms with Gasteiger partial charge in [-0.1, -0.05) is 23.7 Å². The van der Waals surface area contributed by atoms with Crippen LogP contribution in [0.1, 0.15) is 83.5 Å². The summed E-state index contributed by atoms with van der Waals surface area (Å²) >= 11 is 6.60. The van der Waals surface area contributed by atoms with Crippen LogP contribution in [0.2, 0.25) is 5.02 Å². The fourth-order valence-electron chi connectivity index (χ4n) is 8.32. The highest BCUT2D eigenvalue weighted by Gasteiger charge is 2.64. The van der Waals surface area contributed by atoms with E-state index in [4.69, 9.17) is 26.4 Å². The van der Waals surface area contributed by atoms with Crippen LogP contribution in [0.3, 0.4) is 0 Å². The van der Waals surface area contributed by atoms with Gasteiger partial charge in [-0.3, -0.25) is 14.4 Å². The molecule has 3 aliphatic carbocycles. The molecule has 9 rings (SSSR count). The molecular formula is C35H34ClN7O5. The standard InChI is InChI=1S/C35H34ClN7O5/c36-24-16-21(19-3-4-19)5-6-25(24)38-27(45)18-42-30-22-17-23(22)35(9-12-41(13-10-35)33(47)29-26(44)2-1-11-37-29)28(30)32(46)43-34(42)39-31(40-43)20-7-14-48-15-8-20/h1-2,5-7,11,16,19,22-23,44H,3-4,8-10,12-15,17-18H2,(H,38,45). The van der Waals surface area contributed by atoms with Crippen LogP contribution in [-0.2, 0) is 21.5 Å². The molecular weight excluding hydrogens is 634 g/mol. The Kier molecular flexibility index (Phi) is 6.77. The van der Waals surface area contributed by atoms with Crippen molar-refractivity contribution in [1.82, 2.24) is 29.0 Å². The molecule has 246 valence electrons. The van der Waals surface area contributed by atoms with E-state index in [1.54, 1.807) is 11.0 Å². The lowest BCUT2D eigenvalue weighted by molar-refractivity contribution is -0.116. The summed E-state index contributed by atoms with van der Waals surface area (Å²) in [5.41, 5.74) is 3.53. The lowest BCUT2D eigenvalue weighted by Gasteiger charge is -2.41. The molecule has 2 unspecified atom stereocenters. The first-order valence-electron chi connectivity index (χ1n) is 16.7. The van der Waals surface area contributed by atoms with Gasteiger partial charge in [0, 0.05) is 41.9 Å². The molecule has 3 aromatic heterocycles. The molecule has 1 saturated heterocycles. The topological polar surface area (TPSA) is 144 Å². The first kappa shape index (κ1) is 29.6. The average Bonchev–Trinajstić information content (AvgIpc) is 4.03. The number of likely N-dealkylation sites (tertiary alicyclic amines) is 1. The third kappa shape index (κ3) is 4.67. The van der Waals surface area contributed by atoms with Crippen molar-refractivity contribution in [2.45, 2.75) is 62.3 Å². The van der Waals surface area contributed by atoms with E-state index in [0.717, 1.165) is 30.5 Å².